The van der Waals surface area contributed by atoms with Crippen molar-refractivity contribution in [2.24, 2.45) is 0 Å². The summed E-state index contributed by atoms with van der Waals surface area (Å²) in [4.78, 5) is 0. The minimum atomic E-state index is -0.411. The lowest BCUT2D eigenvalue weighted by Gasteiger charge is -2.14. The number of fused-ring (bicyclic) bond motifs is 1. The average Bonchev–Trinajstić information content (AvgIpc) is 2.86. The van der Waals surface area contributed by atoms with Crippen molar-refractivity contribution in [3.05, 3.63) is 51.4 Å². The lowest BCUT2D eigenvalue weighted by atomic mass is 10.3. The Kier molecular flexibility index (Phi) is 4.04. The molecule has 0 radical (unpaired) electrons. The van der Waals surface area contributed by atoms with Gasteiger partial charge in [-0.15, -0.1) is 10.2 Å². The summed E-state index contributed by atoms with van der Waals surface area (Å²) in [5.41, 5.74) is 6.85. The summed E-state index contributed by atoms with van der Waals surface area (Å²) in [6.07, 6.45) is 1.28. The van der Waals surface area contributed by atoms with Crippen LogP contribution in [0.15, 0.2) is 30.5 Å². The van der Waals surface area contributed by atoms with E-state index < -0.39 is 6.10 Å². The number of nitrogens with zero attached hydrogens (tertiary/aromatic N) is 3. The molecule has 0 bridgehead atoms. The quantitative estimate of drug-likeness (QED) is 0.754. The van der Waals surface area contributed by atoms with E-state index in [2.05, 4.69) is 10.2 Å². The van der Waals surface area contributed by atoms with E-state index in [-0.39, 0.29) is 0 Å². The van der Waals surface area contributed by atoms with Crippen LogP contribution in [-0.2, 0) is 0 Å². The molecule has 114 valence electrons. The molecule has 3 aromatic rings. The summed E-state index contributed by atoms with van der Waals surface area (Å²) in [5.74, 6) is 1.07. The van der Waals surface area contributed by atoms with Crippen molar-refractivity contribution in [1.82, 2.24) is 14.6 Å². The number of halogens is 3. The van der Waals surface area contributed by atoms with Gasteiger partial charge in [-0.2, -0.15) is 0 Å². The van der Waals surface area contributed by atoms with E-state index in [1.807, 2.05) is 6.92 Å². The standard InChI is InChI=1S/C14H11Cl3N4O/c1-7(22-12-3-2-8(15)4-10(12)17)13-19-20-14-11(18)5-9(16)6-21(13)14/h2-7H,18H2,1H3. The highest BCUT2D eigenvalue weighted by molar-refractivity contribution is 6.35. The summed E-state index contributed by atoms with van der Waals surface area (Å²) in [7, 11) is 0. The van der Waals surface area contributed by atoms with Crippen LogP contribution in [0.1, 0.15) is 18.9 Å². The van der Waals surface area contributed by atoms with Crippen molar-refractivity contribution in [3.63, 3.8) is 0 Å². The predicted octanol–water partition coefficient (Wildman–Crippen LogP) is 4.41. The van der Waals surface area contributed by atoms with Gasteiger partial charge in [0, 0.05) is 11.2 Å². The maximum atomic E-state index is 6.11. The Labute approximate surface area is 141 Å². The predicted molar refractivity (Wildman–Crippen MR) is 87.9 cm³/mol. The smallest absolute Gasteiger partial charge is 0.184 e. The summed E-state index contributed by atoms with van der Waals surface area (Å²) >= 11 is 18.0. The Morgan fingerprint density at radius 3 is 2.64 bits per heavy atom. The zero-order valence-corrected chi connectivity index (χ0v) is 13.7. The molecule has 0 saturated heterocycles. The maximum Gasteiger partial charge on any atom is 0.184 e. The second-order valence-corrected chi connectivity index (χ2v) is 5.98. The number of hydrogen-bond acceptors (Lipinski definition) is 4. The van der Waals surface area contributed by atoms with E-state index >= 15 is 0 Å². The van der Waals surface area contributed by atoms with Gasteiger partial charge in [-0.3, -0.25) is 4.40 Å². The van der Waals surface area contributed by atoms with Gasteiger partial charge in [-0.1, -0.05) is 34.8 Å². The van der Waals surface area contributed by atoms with E-state index in [1.54, 1.807) is 34.9 Å². The maximum absolute atomic E-state index is 6.11. The number of hydrogen-bond donors (Lipinski definition) is 1. The third-order valence-electron chi connectivity index (χ3n) is 3.09. The summed E-state index contributed by atoms with van der Waals surface area (Å²) in [6, 6.07) is 6.64. The molecular weight excluding hydrogens is 347 g/mol. The van der Waals surface area contributed by atoms with Gasteiger partial charge in [-0.25, -0.2) is 0 Å². The lowest BCUT2D eigenvalue weighted by molar-refractivity contribution is 0.215. The normalized spacial score (nSPS) is 12.5. The molecule has 5 nitrogen and oxygen atoms in total. The molecule has 0 aliphatic rings. The number of nitrogens with two attached hydrogens (primary N) is 1. The summed E-state index contributed by atoms with van der Waals surface area (Å²) < 4.78 is 7.54. The van der Waals surface area contributed by atoms with Crippen LogP contribution in [0.2, 0.25) is 15.1 Å². The van der Waals surface area contributed by atoms with E-state index in [9.17, 15) is 0 Å². The number of benzene rings is 1. The van der Waals surface area contributed by atoms with Gasteiger partial charge >= 0.3 is 0 Å². The van der Waals surface area contributed by atoms with Crippen molar-refractivity contribution < 1.29 is 4.74 Å². The molecule has 0 spiro atoms. The van der Waals surface area contributed by atoms with Gasteiger partial charge in [0.1, 0.15) is 5.75 Å². The van der Waals surface area contributed by atoms with Crippen molar-refractivity contribution in [2.75, 3.05) is 5.73 Å². The first kappa shape index (κ1) is 15.2. The van der Waals surface area contributed by atoms with Gasteiger partial charge in [0.05, 0.1) is 15.7 Å². The first-order valence-electron chi connectivity index (χ1n) is 6.37. The van der Waals surface area contributed by atoms with Crippen LogP contribution in [-0.4, -0.2) is 14.6 Å². The second kappa shape index (κ2) is 5.83. The third-order valence-corrected chi connectivity index (χ3v) is 3.82. The summed E-state index contributed by atoms with van der Waals surface area (Å²) in [5, 5.41) is 9.62. The Bertz CT molecular complexity index is 849. The minimum absolute atomic E-state index is 0.411. The fourth-order valence-corrected chi connectivity index (χ4v) is 2.76. The molecule has 0 amide bonds. The van der Waals surface area contributed by atoms with E-state index in [1.165, 1.54) is 0 Å². The van der Waals surface area contributed by atoms with Crippen LogP contribution >= 0.6 is 34.8 Å². The van der Waals surface area contributed by atoms with Gasteiger partial charge in [0.2, 0.25) is 0 Å². The van der Waals surface area contributed by atoms with Crippen molar-refractivity contribution in [2.45, 2.75) is 13.0 Å². The largest absolute Gasteiger partial charge is 0.481 e. The molecule has 1 unspecified atom stereocenters. The average molecular weight is 358 g/mol. The van der Waals surface area contributed by atoms with Gasteiger partial charge in [-0.05, 0) is 31.2 Å². The first-order chi connectivity index (χ1) is 10.5. The molecule has 22 heavy (non-hydrogen) atoms. The lowest BCUT2D eigenvalue weighted by Crippen LogP contribution is -2.08. The number of ether oxygens (including phenoxy) is 1. The van der Waals surface area contributed by atoms with E-state index in [4.69, 9.17) is 45.3 Å². The number of aromatic nitrogens is 3. The molecule has 0 aliphatic heterocycles. The van der Waals surface area contributed by atoms with Crippen LogP contribution in [0.4, 0.5) is 5.69 Å². The van der Waals surface area contributed by atoms with Crippen molar-refractivity contribution in [3.8, 4) is 5.75 Å². The fraction of sp³-hybridized carbons (Fsp3) is 0.143. The third kappa shape index (κ3) is 2.79. The van der Waals surface area contributed by atoms with Crippen LogP contribution < -0.4 is 10.5 Å². The molecule has 3 rings (SSSR count). The number of nitrogen functional groups attached to an aromatic ring is 1. The van der Waals surface area contributed by atoms with Crippen LogP contribution in [0.5, 0.6) is 5.75 Å². The molecule has 0 saturated carbocycles. The SMILES string of the molecule is CC(Oc1ccc(Cl)cc1Cl)c1nnc2c(N)cc(Cl)cn12. The van der Waals surface area contributed by atoms with Gasteiger partial charge < -0.3 is 10.5 Å². The van der Waals surface area contributed by atoms with Gasteiger partial charge in [0.15, 0.2) is 17.6 Å². The summed E-state index contributed by atoms with van der Waals surface area (Å²) in [6.45, 7) is 1.83. The molecule has 0 fully saturated rings. The molecule has 8 heteroatoms. The fourth-order valence-electron chi connectivity index (χ4n) is 2.09. The zero-order chi connectivity index (χ0) is 15.9. The molecular formula is C14H11Cl3N4O. The number of pyridine rings is 1. The topological polar surface area (TPSA) is 65.4 Å². The van der Waals surface area contributed by atoms with Gasteiger partial charge in [0.25, 0.3) is 0 Å². The van der Waals surface area contributed by atoms with E-state index in [0.717, 1.165) is 0 Å². The zero-order valence-electron chi connectivity index (χ0n) is 11.4. The Morgan fingerprint density at radius 1 is 1.14 bits per heavy atom. The van der Waals surface area contributed by atoms with Crippen LogP contribution in [0, 0.1) is 0 Å². The molecule has 1 aromatic carbocycles. The molecule has 0 aliphatic carbocycles. The minimum Gasteiger partial charge on any atom is -0.481 e. The van der Waals surface area contributed by atoms with Crippen molar-refractivity contribution in [1.29, 1.82) is 0 Å². The van der Waals surface area contributed by atoms with Crippen molar-refractivity contribution >= 4 is 46.1 Å². The highest BCUT2D eigenvalue weighted by Gasteiger charge is 2.18. The Hall–Kier alpha value is -1.69. The molecule has 2 heterocycles. The van der Waals surface area contributed by atoms with E-state index in [0.29, 0.717) is 38.0 Å². The molecule has 2 N–H and O–H groups in total. The monoisotopic (exact) mass is 356 g/mol. The molecule has 1 atom stereocenters. The first-order valence-corrected chi connectivity index (χ1v) is 7.50. The number of anilines is 1. The molecule has 2 aromatic heterocycles. The highest BCUT2D eigenvalue weighted by Crippen LogP contribution is 2.31. The number of rotatable bonds is 3. The second-order valence-electron chi connectivity index (χ2n) is 4.70. The highest BCUT2D eigenvalue weighted by atomic mass is 35.5. The Morgan fingerprint density at radius 2 is 1.91 bits per heavy atom. The Balaban J connectivity index is 1.97. The van der Waals surface area contributed by atoms with Crippen LogP contribution in [0.25, 0.3) is 5.65 Å². The van der Waals surface area contributed by atoms with Crippen LogP contribution in [0.3, 0.4) is 0 Å².